The zero-order chi connectivity index (χ0) is 19.3. The number of pyridine rings is 1. The molecule has 0 spiro atoms. The van der Waals surface area contributed by atoms with Crippen molar-refractivity contribution in [1.82, 2.24) is 19.3 Å². The summed E-state index contributed by atoms with van der Waals surface area (Å²) in [5.41, 5.74) is 4.08. The molecule has 0 aliphatic carbocycles. The Morgan fingerprint density at radius 2 is 1.85 bits per heavy atom. The van der Waals surface area contributed by atoms with Crippen LogP contribution < -0.4 is 5.56 Å². The van der Waals surface area contributed by atoms with E-state index in [1.54, 1.807) is 27.4 Å². The zero-order valence-electron chi connectivity index (χ0n) is 15.6. The van der Waals surface area contributed by atoms with Crippen LogP contribution in [0.4, 0.5) is 0 Å². The van der Waals surface area contributed by atoms with E-state index in [9.17, 15) is 4.79 Å². The Kier molecular flexibility index (Phi) is 4.15. The lowest BCUT2D eigenvalue weighted by atomic mass is 10.1. The van der Waals surface area contributed by atoms with E-state index in [4.69, 9.17) is 16.0 Å². The van der Waals surface area contributed by atoms with Gasteiger partial charge in [0.2, 0.25) is 5.89 Å². The Balaban J connectivity index is 1.82. The normalized spacial score (nSPS) is 11.4. The van der Waals surface area contributed by atoms with Crippen LogP contribution in [0.15, 0.2) is 39.5 Å². The summed E-state index contributed by atoms with van der Waals surface area (Å²) in [5, 5.41) is 6.13. The van der Waals surface area contributed by atoms with Gasteiger partial charge >= 0.3 is 0 Å². The second kappa shape index (κ2) is 6.39. The lowest BCUT2D eigenvalue weighted by Crippen LogP contribution is -2.22. The van der Waals surface area contributed by atoms with Crippen molar-refractivity contribution < 1.29 is 4.42 Å². The number of aromatic nitrogens is 4. The first-order valence-corrected chi connectivity index (χ1v) is 8.99. The fourth-order valence-corrected chi connectivity index (χ4v) is 3.58. The summed E-state index contributed by atoms with van der Waals surface area (Å²) >= 11 is 5.95. The van der Waals surface area contributed by atoms with Crippen LogP contribution in [0.2, 0.25) is 5.02 Å². The summed E-state index contributed by atoms with van der Waals surface area (Å²) < 4.78 is 9.27. The fraction of sp³-hybridized carbons (Fsp3) is 0.250. The van der Waals surface area contributed by atoms with Crippen LogP contribution in [0.5, 0.6) is 0 Å². The molecule has 0 saturated carbocycles. The van der Waals surface area contributed by atoms with E-state index in [-0.39, 0.29) is 5.56 Å². The Morgan fingerprint density at radius 1 is 1.15 bits per heavy atom. The predicted octanol–water partition coefficient (Wildman–Crippen LogP) is 4.02. The number of hydrogen-bond acceptors (Lipinski definition) is 4. The van der Waals surface area contributed by atoms with Gasteiger partial charge in [-0.25, -0.2) is 4.98 Å². The maximum Gasteiger partial charge on any atom is 0.252 e. The van der Waals surface area contributed by atoms with Crippen molar-refractivity contribution in [1.29, 1.82) is 0 Å². The number of nitrogens with zero attached hydrogens (tertiary/aromatic N) is 4. The van der Waals surface area contributed by atoms with Gasteiger partial charge in [-0.05, 0) is 50.6 Å². The average Bonchev–Trinajstić information content (AvgIpc) is 3.12. The van der Waals surface area contributed by atoms with Gasteiger partial charge in [-0.1, -0.05) is 11.6 Å². The molecule has 0 fully saturated rings. The third-order valence-electron chi connectivity index (χ3n) is 4.74. The molecule has 7 heteroatoms. The van der Waals surface area contributed by atoms with Gasteiger partial charge < -0.3 is 4.42 Å². The fourth-order valence-electron chi connectivity index (χ4n) is 3.45. The van der Waals surface area contributed by atoms with Crippen molar-refractivity contribution in [3.8, 4) is 11.5 Å². The third kappa shape index (κ3) is 2.96. The maximum absolute atomic E-state index is 12.7. The highest BCUT2D eigenvalue weighted by Crippen LogP contribution is 2.25. The topological polar surface area (TPSA) is 65.8 Å². The molecule has 4 aromatic rings. The summed E-state index contributed by atoms with van der Waals surface area (Å²) in [6, 6.07) is 8.95. The lowest BCUT2D eigenvalue weighted by molar-refractivity contribution is 0.537. The van der Waals surface area contributed by atoms with Gasteiger partial charge in [-0.15, -0.1) is 0 Å². The van der Waals surface area contributed by atoms with Crippen molar-refractivity contribution in [2.75, 3.05) is 0 Å². The average molecular weight is 383 g/mol. The van der Waals surface area contributed by atoms with E-state index in [1.807, 2.05) is 40.0 Å². The molecule has 27 heavy (non-hydrogen) atoms. The molecule has 3 aromatic heterocycles. The summed E-state index contributed by atoms with van der Waals surface area (Å²) in [6.07, 6.45) is 0. The smallest absolute Gasteiger partial charge is 0.252 e. The van der Waals surface area contributed by atoms with Crippen molar-refractivity contribution in [3.63, 3.8) is 0 Å². The molecule has 0 aliphatic heterocycles. The highest BCUT2D eigenvalue weighted by atomic mass is 35.5. The number of hydrogen-bond donors (Lipinski definition) is 0. The Hall–Kier alpha value is -2.86. The van der Waals surface area contributed by atoms with Crippen molar-refractivity contribution in [2.24, 2.45) is 7.05 Å². The monoisotopic (exact) mass is 382 g/mol. The zero-order valence-corrected chi connectivity index (χ0v) is 16.3. The van der Waals surface area contributed by atoms with Crippen LogP contribution in [-0.4, -0.2) is 19.3 Å². The molecule has 0 unspecified atom stereocenters. The van der Waals surface area contributed by atoms with Gasteiger partial charge in [0.1, 0.15) is 17.1 Å². The largest absolute Gasteiger partial charge is 0.441 e. The maximum atomic E-state index is 12.7. The lowest BCUT2D eigenvalue weighted by Gasteiger charge is -2.09. The minimum absolute atomic E-state index is 0.0848. The van der Waals surface area contributed by atoms with E-state index in [2.05, 4.69) is 10.1 Å². The molecule has 1 aromatic carbocycles. The summed E-state index contributed by atoms with van der Waals surface area (Å²) in [5.74, 6) is 1.19. The van der Waals surface area contributed by atoms with E-state index >= 15 is 0 Å². The predicted molar refractivity (Wildman–Crippen MR) is 105 cm³/mol. The number of fused-ring (bicyclic) bond motifs is 1. The summed E-state index contributed by atoms with van der Waals surface area (Å²) in [7, 11) is 1.85. The van der Waals surface area contributed by atoms with Crippen molar-refractivity contribution in [2.45, 2.75) is 27.3 Å². The first-order chi connectivity index (χ1) is 12.8. The molecular formula is C20H19ClN4O2. The second-order valence-corrected chi connectivity index (χ2v) is 7.12. The molecule has 0 aliphatic rings. The van der Waals surface area contributed by atoms with Gasteiger partial charge in [0.15, 0.2) is 0 Å². The van der Waals surface area contributed by atoms with Gasteiger partial charge in [0.25, 0.3) is 5.56 Å². The van der Waals surface area contributed by atoms with E-state index in [0.717, 1.165) is 27.9 Å². The molecule has 4 rings (SSSR count). The highest BCUT2D eigenvalue weighted by Gasteiger charge is 2.18. The van der Waals surface area contributed by atoms with Gasteiger partial charge in [-0.3, -0.25) is 14.0 Å². The van der Waals surface area contributed by atoms with Crippen molar-refractivity contribution >= 4 is 22.6 Å². The molecule has 6 nitrogen and oxygen atoms in total. The van der Waals surface area contributed by atoms with Crippen LogP contribution in [0, 0.1) is 20.8 Å². The van der Waals surface area contributed by atoms with Crippen LogP contribution in [0.1, 0.15) is 22.7 Å². The number of halogens is 1. The molecule has 0 radical (unpaired) electrons. The first-order valence-electron chi connectivity index (χ1n) is 8.61. The highest BCUT2D eigenvalue weighted by molar-refractivity contribution is 6.30. The van der Waals surface area contributed by atoms with Gasteiger partial charge in [0.05, 0.1) is 12.2 Å². The third-order valence-corrected chi connectivity index (χ3v) is 4.99. The molecule has 0 N–H and O–H groups in total. The molecule has 3 heterocycles. The van der Waals surface area contributed by atoms with Crippen LogP contribution in [0.25, 0.3) is 22.5 Å². The van der Waals surface area contributed by atoms with Crippen LogP contribution in [0.3, 0.4) is 0 Å². The van der Waals surface area contributed by atoms with E-state index in [1.165, 1.54) is 0 Å². The Bertz CT molecular complexity index is 1220. The standard InChI is InChI=1S/C20H19ClN4O2/c1-11-9-17(26)25(20-18(11)12(2)23-24(20)4)10-16-13(3)27-19(22-16)14-5-7-15(21)8-6-14/h5-9H,10H2,1-4H3. The summed E-state index contributed by atoms with van der Waals surface area (Å²) in [4.78, 5) is 17.3. The Labute approximate surface area is 161 Å². The molecule has 138 valence electrons. The number of rotatable bonds is 3. The van der Waals surface area contributed by atoms with Crippen LogP contribution >= 0.6 is 11.6 Å². The minimum Gasteiger partial charge on any atom is -0.441 e. The van der Waals surface area contributed by atoms with Gasteiger partial charge in [-0.2, -0.15) is 5.10 Å². The number of benzene rings is 1. The van der Waals surface area contributed by atoms with E-state index in [0.29, 0.717) is 28.9 Å². The second-order valence-electron chi connectivity index (χ2n) is 6.69. The SMILES string of the molecule is Cc1oc(-c2ccc(Cl)cc2)nc1Cn1c(=O)cc(C)c2c(C)nn(C)c21. The minimum atomic E-state index is -0.0848. The summed E-state index contributed by atoms with van der Waals surface area (Å²) in [6.45, 7) is 6.05. The molecule has 0 bridgehead atoms. The molecule has 0 amide bonds. The Morgan fingerprint density at radius 3 is 2.56 bits per heavy atom. The molecule has 0 atom stereocenters. The van der Waals surface area contributed by atoms with Crippen molar-refractivity contribution in [3.05, 3.63) is 68.4 Å². The van der Waals surface area contributed by atoms with E-state index < -0.39 is 0 Å². The van der Waals surface area contributed by atoms with Crippen LogP contribution in [-0.2, 0) is 13.6 Å². The number of aryl methyl sites for hydroxylation is 4. The first kappa shape index (κ1) is 17.5. The molecular weight excluding hydrogens is 364 g/mol. The number of oxazole rings is 1. The van der Waals surface area contributed by atoms with Gasteiger partial charge in [0, 0.05) is 29.1 Å². The molecule has 0 saturated heterocycles. The quantitative estimate of drug-likeness (QED) is 0.536.